The van der Waals surface area contributed by atoms with Crippen molar-refractivity contribution in [2.24, 2.45) is 0 Å². The van der Waals surface area contributed by atoms with Gasteiger partial charge < -0.3 is 5.32 Å². The van der Waals surface area contributed by atoms with Gasteiger partial charge in [-0.15, -0.1) is 11.3 Å². The lowest BCUT2D eigenvalue weighted by Gasteiger charge is -2.11. The Morgan fingerprint density at radius 1 is 1.03 bits per heavy atom. The molecule has 5 aromatic rings. The van der Waals surface area contributed by atoms with E-state index in [0.29, 0.717) is 28.9 Å². The summed E-state index contributed by atoms with van der Waals surface area (Å²) in [5.41, 5.74) is 2.91. The van der Waals surface area contributed by atoms with Crippen LogP contribution in [-0.4, -0.2) is 25.1 Å². The highest BCUT2D eigenvalue weighted by Crippen LogP contribution is 2.24. The second-order valence-corrected chi connectivity index (χ2v) is 7.75. The van der Waals surface area contributed by atoms with Crippen LogP contribution in [0.1, 0.15) is 5.56 Å². The molecule has 0 fully saturated rings. The van der Waals surface area contributed by atoms with E-state index in [-0.39, 0.29) is 18.0 Å². The SMILES string of the molecule is O=C(Cn1c(=O)c2cc(-c3cccs3)nn2c2ncccc21)NCc1ccccc1. The summed E-state index contributed by atoms with van der Waals surface area (Å²) in [6, 6.07) is 18.8. The van der Waals surface area contributed by atoms with Crippen LogP contribution < -0.4 is 10.9 Å². The number of nitrogens with zero attached hydrogens (tertiary/aromatic N) is 4. The van der Waals surface area contributed by atoms with Gasteiger partial charge in [0.1, 0.15) is 17.8 Å². The van der Waals surface area contributed by atoms with Crippen LogP contribution in [0.15, 0.2) is 77.0 Å². The highest BCUT2D eigenvalue weighted by Gasteiger charge is 2.17. The smallest absolute Gasteiger partial charge is 0.277 e. The van der Waals surface area contributed by atoms with E-state index in [9.17, 15) is 9.59 Å². The van der Waals surface area contributed by atoms with E-state index in [1.54, 1.807) is 40.2 Å². The number of benzene rings is 1. The summed E-state index contributed by atoms with van der Waals surface area (Å²) in [5, 5.41) is 9.43. The molecule has 0 radical (unpaired) electrons. The van der Waals surface area contributed by atoms with E-state index in [2.05, 4.69) is 15.4 Å². The van der Waals surface area contributed by atoms with Gasteiger partial charge in [-0.2, -0.15) is 5.10 Å². The number of rotatable bonds is 5. The van der Waals surface area contributed by atoms with Crippen LogP contribution in [0.3, 0.4) is 0 Å². The molecular formula is C22H17N5O2S. The summed E-state index contributed by atoms with van der Waals surface area (Å²) in [4.78, 5) is 31.2. The average molecular weight is 415 g/mol. The maximum atomic E-state index is 13.2. The highest BCUT2D eigenvalue weighted by molar-refractivity contribution is 7.13. The predicted octanol–water partition coefficient (Wildman–Crippen LogP) is 3.09. The third-order valence-electron chi connectivity index (χ3n) is 4.84. The molecule has 0 aliphatic rings. The Morgan fingerprint density at radius 2 is 1.90 bits per heavy atom. The van der Waals surface area contributed by atoms with Gasteiger partial charge in [0.2, 0.25) is 5.91 Å². The summed E-state index contributed by atoms with van der Waals surface area (Å²) in [5.74, 6) is -0.242. The monoisotopic (exact) mass is 415 g/mol. The topological polar surface area (TPSA) is 81.3 Å². The van der Waals surface area contributed by atoms with Crippen LogP contribution in [0, 0.1) is 0 Å². The molecule has 0 atom stereocenters. The molecule has 0 spiro atoms. The Kier molecular flexibility index (Phi) is 4.61. The Labute approximate surface area is 175 Å². The lowest BCUT2D eigenvalue weighted by Crippen LogP contribution is -2.33. The first-order chi connectivity index (χ1) is 14.7. The van der Waals surface area contributed by atoms with Crippen LogP contribution >= 0.6 is 11.3 Å². The maximum Gasteiger partial charge on any atom is 0.277 e. The maximum absolute atomic E-state index is 13.2. The minimum Gasteiger partial charge on any atom is -0.350 e. The quantitative estimate of drug-likeness (QED) is 0.478. The highest BCUT2D eigenvalue weighted by atomic mass is 32.1. The first-order valence-electron chi connectivity index (χ1n) is 9.42. The number of hydrogen-bond acceptors (Lipinski definition) is 5. The second-order valence-electron chi connectivity index (χ2n) is 6.80. The zero-order valence-electron chi connectivity index (χ0n) is 15.9. The van der Waals surface area contributed by atoms with Crippen LogP contribution in [0.2, 0.25) is 0 Å². The Bertz CT molecular complexity index is 1400. The van der Waals surface area contributed by atoms with Gasteiger partial charge in [0.15, 0.2) is 5.65 Å². The van der Waals surface area contributed by atoms with Gasteiger partial charge >= 0.3 is 0 Å². The average Bonchev–Trinajstić information content (AvgIpc) is 3.46. The van der Waals surface area contributed by atoms with Gasteiger partial charge in [-0.25, -0.2) is 9.50 Å². The third-order valence-corrected chi connectivity index (χ3v) is 5.73. The van der Waals surface area contributed by atoms with Gasteiger partial charge in [-0.1, -0.05) is 36.4 Å². The molecule has 4 aromatic heterocycles. The van der Waals surface area contributed by atoms with Crippen molar-refractivity contribution in [2.75, 3.05) is 0 Å². The normalized spacial score (nSPS) is 11.2. The van der Waals surface area contributed by atoms with Crippen molar-refractivity contribution in [1.29, 1.82) is 0 Å². The summed E-state index contributed by atoms with van der Waals surface area (Å²) in [6.07, 6.45) is 1.65. The molecule has 4 heterocycles. The molecule has 1 aromatic carbocycles. The minimum atomic E-state index is -0.277. The van der Waals surface area contributed by atoms with Crippen molar-refractivity contribution in [3.05, 3.63) is 88.2 Å². The molecular weight excluding hydrogens is 398 g/mol. The Balaban J connectivity index is 1.54. The van der Waals surface area contributed by atoms with E-state index in [1.165, 1.54) is 4.57 Å². The molecule has 0 bridgehead atoms. The van der Waals surface area contributed by atoms with E-state index in [4.69, 9.17) is 0 Å². The summed E-state index contributed by atoms with van der Waals surface area (Å²) in [6.45, 7) is 0.311. The Morgan fingerprint density at radius 3 is 2.70 bits per heavy atom. The molecule has 148 valence electrons. The molecule has 8 heteroatoms. The number of aromatic nitrogens is 4. The fraction of sp³-hybridized carbons (Fsp3) is 0.0909. The first-order valence-corrected chi connectivity index (χ1v) is 10.3. The van der Waals surface area contributed by atoms with Crippen molar-refractivity contribution in [1.82, 2.24) is 24.5 Å². The fourth-order valence-corrected chi connectivity index (χ4v) is 4.08. The van der Waals surface area contributed by atoms with Crippen molar-refractivity contribution < 1.29 is 4.79 Å². The lowest BCUT2D eigenvalue weighted by atomic mass is 10.2. The number of carbonyl (C=O) groups excluding carboxylic acids is 1. The van der Waals surface area contributed by atoms with Crippen molar-refractivity contribution in [2.45, 2.75) is 13.1 Å². The molecule has 0 aliphatic heterocycles. The summed E-state index contributed by atoms with van der Waals surface area (Å²) < 4.78 is 3.02. The number of hydrogen-bond donors (Lipinski definition) is 1. The zero-order chi connectivity index (χ0) is 20.5. The Hall–Kier alpha value is -3.78. The summed E-state index contributed by atoms with van der Waals surface area (Å²) in [7, 11) is 0. The molecule has 0 unspecified atom stereocenters. The summed E-state index contributed by atoms with van der Waals surface area (Å²) >= 11 is 1.55. The molecule has 1 amide bonds. The van der Waals surface area contributed by atoms with E-state index in [1.807, 2.05) is 47.8 Å². The van der Waals surface area contributed by atoms with Crippen LogP contribution in [0.5, 0.6) is 0 Å². The van der Waals surface area contributed by atoms with Crippen LogP contribution in [0.25, 0.3) is 27.3 Å². The van der Waals surface area contributed by atoms with Gasteiger partial charge in [0.25, 0.3) is 5.56 Å². The number of nitrogens with one attached hydrogen (secondary N) is 1. The number of pyridine rings is 1. The number of fused-ring (bicyclic) bond motifs is 3. The van der Waals surface area contributed by atoms with Gasteiger partial charge in [-0.3, -0.25) is 14.2 Å². The van der Waals surface area contributed by atoms with Crippen LogP contribution in [-0.2, 0) is 17.9 Å². The molecule has 0 saturated carbocycles. The molecule has 5 rings (SSSR count). The molecule has 0 aliphatic carbocycles. The molecule has 0 saturated heterocycles. The first kappa shape index (κ1) is 18.3. The van der Waals surface area contributed by atoms with Gasteiger partial charge in [0.05, 0.1) is 10.4 Å². The molecule has 30 heavy (non-hydrogen) atoms. The standard InChI is InChI=1S/C22H17N5O2S/c28-20(24-13-15-6-2-1-3-7-15)14-26-17-8-4-10-23-21(17)27-18(22(26)29)12-16(25-27)19-9-5-11-30-19/h1-12H,13-14H2,(H,24,28). The second kappa shape index (κ2) is 7.57. The third kappa shape index (κ3) is 3.27. The minimum absolute atomic E-state index is 0.0934. The number of carbonyl (C=O) groups is 1. The fourth-order valence-electron chi connectivity index (χ4n) is 3.40. The van der Waals surface area contributed by atoms with Crippen LogP contribution in [0.4, 0.5) is 0 Å². The number of thiophene rings is 1. The lowest BCUT2D eigenvalue weighted by molar-refractivity contribution is -0.121. The van der Waals surface area contributed by atoms with Gasteiger partial charge in [0, 0.05) is 12.7 Å². The molecule has 7 nitrogen and oxygen atoms in total. The predicted molar refractivity (Wildman–Crippen MR) is 116 cm³/mol. The van der Waals surface area contributed by atoms with Gasteiger partial charge in [-0.05, 0) is 35.2 Å². The van der Waals surface area contributed by atoms with Crippen molar-refractivity contribution in [3.8, 4) is 10.6 Å². The number of amides is 1. The van der Waals surface area contributed by atoms with E-state index < -0.39 is 0 Å². The zero-order valence-corrected chi connectivity index (χ0v) is 16.7. The molecule has 1 N–H and O–H groups in total. The van der Waals surface area contributed by atoms with Crippen molar-refractivity contribution in [3.63, 3.8) is 0 Å². The van der Waals surface area contributed by atoms with E-state index >= 15 is 0 Å². The largest absolute Gasteiger partial charge is 0.350 e. The van der Waals surface area contributed by atoms with E-state index in [0.717, 1.165) is 10.4 Å². The van der Waals surface area contributed by atoms with Crippen molar-refractivity contribution >= 4 is 33.9 Å².